The minimum Gasteiger partial charge on any atom is -0.489 e. The van der Waals surface area contributed by atoms with Crippen LogP contribution in [0.2, 0.25) is 18.1 Å². The van der Waals surface area contributed by atoms with Crippen LogP contribution in [-0.4, -0.2) is 66.1 Å². The number of morpholine rings is 1. The van der Waals surface area contributed by atoms with E-state index in [4.69, 9.17) is 18.6 Å². The van der Waals surface area contributed by atoms with Gasteiger partial charge in [-0.1, -0.05) is 20.8 Å². The second-order valence-corrected chi connectivity index (χ2v) is 14.3. The number of carbonyl (C=O) groups is 1. The highest BCUT2D eigenvalue weighted by atomic mass is 28.4. The molecule has 1 aromatic carbocycles. The van der Waals surface area contributed by atoms with Crippen molar-refractivity contribution in [1.82, 2.24) is 0 Å². The van der Waals surface area contributed by atoms with Gasteiger partial charge in [0.05, 0.1) is 25.5 Å². The van der Waals surface area contributed by atoms with E-state index in [9.17, 15) is 4.79 Å². The number of fused-ring (bicyclic) bond motifs is 3. The molecular formula is C21H32N2O5Si. The number of ether oxygens (including phenoxy) is 3. The Hall–Kier alpha value is -1.77. The average molecular weight is 421 g/mol. The van der Waals surface area contributed by atoms with Gasteiger partial charge in [0.1, 0.15) is 24.5 Å². The highest BCUT2D eigenvalue weighted by Gasteiger charge is 2.48. The van der Waals surface area contributed by atoms with Gasteiger partial charge in [-0.15, -0.1) is 0 Å². The number of amides is 1. The zero-order valence-corrected chi connectivity index (χ0v) is 19.1. The Labute approximate surface area is 174 Å². The lowest BCUT2D eigenvalue weighted by molar-refractivity contribution is 0.0770. The maximum Gasteiger partial charge on any atom is 0.415 e. The van der Waals surface area contributed by atoms with Gasteiger partial charge < -0.3 is 23.5 Å². The number of nitrogens with zero attached hydrogens (tertiary/aromatic N) is 2. The van der Waals surface area contributed by atoms with Crippen LogP contribution < -0.4 is 14.5 Å². The summed E-state index contributed by atoms with van der Waals surface area (Å²) in [6, 6.07) is 5.87. The lowest BCUT2D eigenvalue weighted by Gasteiger charge is -2.37. The number of cyclic esters (lactones) is 1. The number of rotatable bonds is 4. The van der Waals surface area contributed by atoms with Gasteiger partial charge >= 0.3 is 6.09 Å². The third-order valence-corrected chi connectivity index (χ3v) is 11.1. The summed E-state index contributed by atoms with van der Waals surface area (Å²) < 4.78 is 23.5. The molecule has 0 saturated carbocycles. The fraction of sp³-hybridized carbons (Fsp3) is 0.667. The molecule has 8 heteroatoms. The van der Waals surface area contributed by atoms with Gasteiger partial charge in [0.15, 0.2) is 8.32 Å². The topological polar surface area (TPSA) is 60.5 Å². The molecule has 0 unspecified atom stereocenters. The zero-order chi connectivity index (χ0) is 20.8. The van der Waals surface area contributed by atoms with Crippen molar-refractivity contribution in [3.63, 3.8) is 0 Å². The summed E-state index contributed by atoms with van der Waals surface area (Å²) in [5, 5.41) is 0.112. The van der Waals surface area contributed by atoms with Crippen LogP contribution in [0.5, 0.6) is 5.75 Å². The van der Waals surface area contributed by atoms with E-state index in [0.717, 1.165) is 43.4 Å². The van der Waals surface area contributed by atoms with Crippen LogP contribution in [0.15, 0.2) is 18.2 Å². The van der Waals surface area contributed by atoms with E-state index in [2.05, 4.69) is 38.8 Å². The third kappa shape index (κ3) is 3.85. The molecule has 0 aromatic heterocycles. The Kier molecular flexibility index (Phi) is 5.29. The summed E-state index contributed by atoms with van der Waals surface area (Å²) in [6.45, 7) is 15.0. The quantitative estimate of drug-likeness (QED) is 0.693. The number of anilines is 2. The van der Waals surface area contributed by atoms with Crippen molar-refractivity contribution in [2.45, 2.75) is 51.0 Å². The van der Waals surface area contributed by atoms with Crippen LogP contribution in [0, 0.1) is 0 Å². The first-order chi connectivity index (χ1) is 13.7. The summed E-state index contributed by atoms with van der Waals surface area (Å²) >= 11 is 0. The molecule has 3 heterocycles. The normalized spacial score (nSPS) is 24.7. The highest BCUT2D eigenvalue weighted by Crippen LogP contribution is 2.42. The molecule has 0 spiro atoms. The average Bonchev–Trinajstić information content (AvgIpc) is 3.02. The monoisotopic (exact) mass is 420 g/mol. The third-order valence-electron chi connectivity index (χ3n) is 6.61. The van der Waals surface area contributed by atoms with E-state index in [1.54, 1.807) is 4.90 Å². The first-order valence-electron chi connectivity index (χ1n) is 10.4. The Bertz CT molecular complexity index is 773. The van der Waals surface area contributed by atoms with Gasteiger partial charge in [0.2, 0.25) is 0 Å². The van der Waals surface area contributed by atoms with Crippen molar-refractivity contribution in [2.75, 3.05) is 49.3 Å². The summed E-state index contributed by atoms with van der Waals surface area (Å²) in [4.78, 5) is 16.7. The largest absolute Gasteiger partial charge is 0.489 e. The SMILES string of the molecule is CC(C)(C)[Si](C)(C)OC[C@@H]1OC(=O)N2c3ccc(N4CCOCC4)cc3OC[C@@H]12. The van der Waals surface area contributed by atoms with Crippen LogP contribution in [0.25, 0.3) is 0 Å². The predicted octanol–water partition coefficient (Wildman–Crippen LogP) is 3.63. The number of hydrogen-bond acceptors (Lipinski definition) is 6. The maximum absolute atomic E-state index is 12.7. The van der Waals surface area contributed by atoms with Crippen molar-refractivity contribution in [3.05, 3.63) is 18.2 Å². The number of hydrogen-bond donors (Lipinski definition) is 0. The van der Waals surface area contributed by atoms with Crippen LogP contribution in [0.4, 0.5) is 16.2 Å². The summed E-state index contributed by atoms with van der Waals surface area (Å²) in [5.74, 6) is 0.730. The Balaban J connectivity index is 1.49. The highest BCUT2D eigenvalue weighted by molar-refractivity contribution is 6.74. The fourth-order valence-electron chi connectivity index (χ4n) is 3.69. The smallest absolute Gasteiger partial charge is 0.415 e. The summed E-state index contributed by atoms with van der Waals surface area (Å²) in [6.07, 6.45) is -0.633. The molecule has 0 N–H and O–H groups in total. The zero-order valence-electron chi connectivity index (χ0n) is 18.1. The van der Waals surface area contributed by atoms with Gasteiger partial charge in [-0.25, -0.2) is 4.79 Å². The van der Waals surface area contributed by atoms with Gasteiger partial charge in [-0.3, -0.25) is 4.90 Å². The second-order valence-electron chi connectivity index (χ2n) is 9.49. The van der Waals surface area contributed by atoms with Crippen molar-refractivity contribution in [3.8, 4) is 5.75 Å². The van der Waals surface area contributed by atoms with Gasteiger partial charge in [0, 0.05) is 24.8 Å². The molecule has 0 radical (unpaired) electrons. The minimum atomic E-state index is -1.92. The Morgan fingerprint density at radius 1 is 1.21 bits per heavy atom. The minimum absolute atomic E-state index is 0.112. The standard InChI is InChI=1S/C21H32N2O5Si/c1-21(2,3)29(4,5)27-14-19-17-13-26-18-12-15(22-8-10-25-11-9-22)6-7-16(18)23(17)20(24)28-19/h6-7,12,17,19H,8-11,13-14H2,1-5H3/t17-,19-/m0/s1. The first kappa shape index (κ1) is 20.5. The lowest BCUT2D eigenvalue weighted by Crippen LogP contribution is -2.48. The van der Waals surface area contributed by atoms with Gasteiger partial charge in [0.25, 0.3) is 0 Å². The molecular weight excluding hydrogens is 388 g/mol. The van der Waals surface area contributed by atoms with Crippen molar-refractivity contribution >= 4 is 25.8 Å². The van der Waals surface area contributed by atoms with E-state index in [1.165, 1.54) is 0 Å². The molecule has 3 aliphatic rings. The molecule has 0 aliphatic carbocycles. The molecule has 3 aliphatic heterocycles. The molecule has 2 saturated heterocycles. The van der Waals surface area contributed by atoms with E-state index in [0.29, 0.717) is 13.2 Å². The predicted molar refractivity (Wildman–Crippen MR) is 115 cm³/mol. The number of benzene rings is 1. The van der Waals surface area contributed by atoms with E-state index >= 15 is 0 Å². The van der Waals surface area contributed by atoms with Crippen molar-refractivity contribution < 1.29 is 23.4 Å². The molecule has 2 atom stereocenters. The van der Waals surface area contributed by atoms with E-state index < -0.39 is 8.32 Å². The molecule has 4 rings (SSSR count). The lowest BCUT2D eigenvalue weighted by atomic mass is 10.1. The molecule has 160 valence electrons. The fourth-order valence-corrected chi connectivity index (χ4v) is 4.70. The van der Waals surface area contributed by atoms with Crippen LogP contribution in [0.3, 0.4) is 0 Å². The summed E-state index contributed by atoms with van der Waals surface area (Å²) in [5.41, 5.74) is 1.87. The van der Waals surface area contributed by atoms with Crippen molar-refractivity contribution in [2.24, 2.45) is 0 Å². The Morgan fingerprint density at radius 2 is 1.93 bits per heavy atom. The molecule has 29 heavy (non-hydrogen) atoms. The van der Waals surface area contributed by atoms with Crippen LogP contribution >= 0.6 is 0 Å². The molecule has 0 bridgehead atoms. The van der Waals surface area contributed by atoms with Gasteiger partial charge in [-0.05, 0) is 30.3 Å². The second kappa shape index (κ2) is 7.48. The summed E-state index contributed by atoms with van der Waals surface area (Å²) in [7, 11) is -1.92. The number of carbonyl (C=O) groups excluding carboxylic acids is 1. The van der Waals surface area contributed by atoms with E-state index in [-0.39, 0.29) is 23.3 Å². The van der Waals surface area contributed by atoms with E-state index in [1.807, 2.05) is 18.2 Å². The maximum atomic E-state index is 12.7. The Morgan fingerprint density at radius 3 is 2.62 bits per heavy atom. The van der Waals surface area contributed by atoms with Gasteiger partial charge in [-0.2, -0.15) is 0 Å². The molecule has 2 fully saturated rings. The van der Waals surface area contributed by atoms with Crippen molar-refractivity contribution in [1.29, 1.82) is 0 Å². The first-order valence-corrected chi connectivity index (χ1v) is 13.3. The van der Waals surface area contributed by atoms with Crippen LogP contribution in [-0.2, 0) is 13.9 Å². The molecule has 7 nitrogen and oxygen atoms in total. The molecule has 1 amide bonds. The van der Waals surface area contributed by atoms with Crippen LogP contribution in [0.1, 0.15) is 20.8 Å². The molecule has 1 aromatic rings.